The number of unbranched alkanes of at least 4 members (excludes halogenated alkanes) is 2. The maximum Gasteiger partial charge on any atom is 0.356 e. The first-order valence-corrected chi connectivity index (χ1v) is 14.5. The number of hydroxylamine groups is 2. The summed E-state index contributed by atoms with van der Waals surface area (Å²) in [5.41, 5.74) is 0.669. The lowest BCUT2D eigenvalue weighted by Crippen LogP contribution is -2.47. The number of halogens is 1. The summed E-state index contributed by atoms with van der Waals surface area (Å²) < 4.78 is 17.3. The highest BCUT2D eigenvalue weighted by Gasteiger charge is 2.30. The molecule has 0 radical (unpaired) electrons. The van der Waals surface area contributed by atoms with Crippen LogP contribution in [0.3, 0.4) is 0 Å². The quantitative estimate of drug-likeness (QED) is 0.0458. The number of rotatable bonds is 16. The number of pyridine rings is 1. The van der Waals surface area contributed by atoms with Gasteiger partial charge in [0.2, 0.25) is 12.3 Å². The Labute approximate surface area is 244 Å². The molecule has 0 aliphatic heterocycles. The minimum absolute atomic E-state index is 0. The van der Waals surface area contributed by atoms with Gasteiger partial charge in [0.15, 0.2) is 0 Å². The van der Waals surface area contributed by atoms with Crippen LogP contribution in [0.15, 0.2) is 36.4 Å². The van der Waals surface area contributed by atoms with Gasteiger partial charge in [-0.1, -0.05) is 39.2 Å². The summed E-state index contributed by atoms with van der Waals surface area (Å²) in [6, 6.07) is 8.05. The number of nitrogens with zero attached hydrogens (tertiary/aromatic N) is 2. The van der Waals surface area contributed by atoms with Crippen molar-refractivity contribution in [2.24, 2.45) is 5.92 Å². The minimum atomic E-state index is -4.57. The predicted octanol–water partition coefficient (Wildman–Crippen LogP) is 3.15. The topological polar surface area (TPSA) is 178 Å². The van der Waals surface area contributed by atoms with Crippen molar-refractivity contribution in [2.45, 2.75) is 58.9 Å². The van der Waals surface area contributed by atoms with Crippen molar-refractivity contribution >= 4 is 48.1 Å². The second-order valence-electron chi connectivity index (χ2n) is 8.89. The van der Waals surface area contributed by atoms with E-state index >= 15 is 0 Å². The molecule has 0 saturated carbocycles. The lowest BCUT2D eigenvalue weighted by molar-refractivity contribution is -0.168. The molecule has 0 bridgehead atoms. The van der Waals surface area contributed by atoms with Crippen molar-refractivity contribution in [3.8, 4) is 17.0 Å². The third-order valence-corrected chi connectivity index (χ3v) is 7.04. The molecule has 2 atom stereocenters. The predicted molar refractivity (Wildman–Crippen MR) is 155 cm³/mol. The largest absolute Gasteiger partial charge is 0.494 e. The molecule has 2 rings (SSSR count). The lowest BCUT2D eigenvalue weighted by atomic mass is 9.90. The van der Waals surface area contributed by atoms with E-state index in [0.717, 1.165) is 19.3 Å². The number of hydrogen-bond acceptors (Lipinski definition) is 7. The van der Waals surface area contributed by atoms with Crippen LogP contribution in [0.1, 0.15) is 63.4 Å². The summed E-state index contributed by atoms with van der Waals surface area (Å²) in [7, 11) is -4.57. The van der Waals surface area contributed by atoms with Crippen molar-refractivity contribution < 1.29 is 38.7 Å². The molecule has 12 nitrogen and oxygen atoms in total. The van der Waals surface area contributed by atoms with Gasteiger partial charge in [-0.15, -0.1) is 17.0 Å². The molecule has 2 aromatic rings. The van der Waals surface area contributed by atoms with Gasteiger partial charge in [0, 0.05) is 5.56 Å². The Bertz CT molecular complexity index is 1180. The summed E-state index contributed by atoms with van der Waals surface area (Å²) in [6.45, 7) is 5.62. The number of ether oxygens (including phenoxy) is 1. The Morgan fingerprint density at radius 3 is 2.45 bits per heavy atom. The van der Waals surface area contributed by atoms with Gasteiger partial charge in [-0.05, 0) is 50.1 Å². The number of benzene rings is 1. The molecule has 0 unspecified atom stereocenters. The van der Waals surface area contributed by atoms with Crippen LogP contribution in [-0.4, -0.2) is 62.6 Å². The summed E-state index contributed by atoms with van der Waals surface area (Å²) in [5.74, 6) is -1.39. The lowest BCUT2D eigenvalue weighted by Gasteiger charge is -2.29. The van der Waals surface area contributed by atoms with Gasteiger partial charge >= 0.3 is 7.60 Å². The standard InChI is InChI=1S/C26H37N4O8P.BrH/c1-4-7-8-10-21(24(5-2)30(34)17-31)25(32)27-16-28-26(33)23-12-9-11-22(29-23)18-13-19(38-6-3)15-20(14-18)39(35,36)37;/h9,11-15,17,21,24,34H,4-8,10,16H2,1-3H3,(H,27,32)(H,28,33)(H2,35,36,37);1H/t21-,24-;/m1./s1. The molecular formula is C26H38BrN4O8P. The van der Waals surface area contributed by atoms with Crippen molar-refractivity contribution in [1.29, 1.82) is 0 Å². The van der Waals surface area contributed by atoms with Crippen LogP contribution in [0.2, 0.25) is 0 Å². The number of nitrogens with one attached hydrogen (secondary N) is 2. The van der Waals surface area contributed by atoms with Crippen LogP contribution in [0, 0.1) is 5.92 Å². The van der Waals surface area contributed by atoms with E-state index in [1.807, 2.05) is 6.92 Å². The van der Waals surface area contributed by atoms with Crippen LogP contribution < -0.4 is 20.7 Å². The van der Waals surface area contributed by atoms with E-state index in [4.69, 9.17) is 4.74 Å². The summed E-state index contributed by atoms with van der Waals surface area (Å²) in [6.07, 6.45) is 3.71. The van der Waals surface area contributed by atoms with Crippen LogP contribution in [0.5, 0.6) is 5.75 Å². The highest BCUT2D eigenvalue weighted by Crippen LogP contribution is 2.36. The zero-order chi connectivity index (χ0) is 29.0. The normalized spacial score (nSPS) is 12.4. The summed E-state index contributed by atoms with van der Waals surface area (Å²) >= 11 is 0. The van der Waals surface area contributed by atoms with E-state index in [9.17, 15) is 33.9 Å². The van der Waals surface area contributed by atoms with Crippen molar-refractivity contribution in [3.63, 3.8) is 0 Å². The van der Waals surface area contributed by atoms with E-state index in [2.05, 4.69) is 15.6 Å². The molecule has 0 aliphatic rings. The Balaban J connectivity index is 0.00000800. The fourth-order valence-electron chi connectivity index (χ4n) is 4.15. The summed E-state index contributed by atoms with van der Waals surface area (Å²) in [5, 5.41) is 15.4. The van der Waals surface area contributed by atoms with Crippen LogP contribution in [0.25, 0.3) is 11.3 Å². The average Bonchev–Trinajstić information content (AvgIpc) is 2.91. The molecular weight excluding hydrogens is 607 g/mol. The molecule has 1 aromatic heterocycles. The Hall–Kier alpha value is -2.83. The van der Waals surface area contributed by atoms with Crippen LogP contribution in [-0.2, 0) is 14.2 Å². The summed E-state index contributed by atoms with van der Waals surface area (Å²) in [4.78, 5) is 60.4. The Kier molecular flexibility index (Phi) is 15.0. The molecule has 14 heteroatoms. The highest BCUT2D eigenvalue weighted by molar-refractivity contribution is 8.93. The number of carbonyl (C=O) groups is 3. The molecule has 0 fully saturated rings. The van der Waals surface area contributed by atoms with Gasteiger partial charge < -0.3 is 25.2 Å². The van der Waals surface area contributed by atoms with E-state index in [0.29, 0.717) is 29.2 Å². The third kappa shape index (κ3) is 10.3. The van der Waals surface area contributed by atoms with Crippen molar-refractivity contribution in [1.82, 2.24) is 20.7 Å². The molecule has 0 spiro atoms. The number of carbonyl (C=O) groups excluding carboxylic acids is 3. The number of amides is 3. The van der Waals surface area contributed by atoms with Crippen LogP contribution in [0.4, 0.5) is 0 Å². The zero-order valence-corrected chi connectivity index (χ0v) is 25.4. The van der Waals surface area contributed by atoms with Crippen molar-refractivity contribution in [3.05, 3.63) is 42.1 Å². The van der Waals surface area contributed by atoms with E-state index < -0.39 is 31.4 Å². The molecule has 40 heavy (non-hydrogen) atoms. The molecule has 1 heterocycles. The third-order valence-electron chi connectivity index (χ3n) is 6.11. The van der Waals surface area contributed by atoms with E-state index in [-0.39, 0.29) is 53.4 Å². The highest BCUT2D eigenvalue weighted by atomic mass is 79.9. The second kappa shape index (κ2) is 17.1. The fraction of sp³-hybridized carbons (Fsp3) is 0.462. The molecule has 5 N–H and O–H groups in total. The molecule has 3 amide bonds. The number of aromatic nitrogens is 1. The van der Waals surface area contributed by atoms with Gasteiger partial charge in [-0.3, -0.25) is 24.2 Å². The average molecular weight is 645 g/mol. The second-order valence-corrected chi connectivity index (χ2v) is 10.5. The Morgan fingerprint density at radius 1 is 1.12 bits per heavy atom. The monoisotopic (exact) mass is 644 g/mol. The first-order valence-electron chi connectivity index (χ1n) is 12.8. The van der Waals surface area contributed by atoms with E-state index in [1.165, 1.54) is 18.2 Å². The zero-order valence-electron chi connectivity index (χ0n) is 22.8. The SMILES string of the molecule is Br.CCCCC[C@@H](C(=O)NCNC(=O)c1cccc(-c2cc(OCC)cc(P(=O)(O)O)c2)n1)[C@@H](CC)N(O)C=O. The van der Waals surface area contributed by atoms with Gasteiger partial charge in [0.1, 0.15) is 11.4 Å². The van der Waals surface area contributed by atoms with E-state index in [1.54, 1.807) is 32.0 Å². The van der Waals surface area contributed by atoms with Crippen molar-refractivity contribution in [2.75, 3.05) is 13.3 Å². The molecule has 222 valence electrons. The molecule has 0 aliphatic carbocycles. The van der Waals surface area contributed by atoms with Gasteiger partial charge in [0.05, 0.1) is 36.2 Å². The molecule has 1 aromatic carbocycles. The molecule has 0 saturated heterocycles. The van der Waals surface area contributed by atoms with Gasteiger partial charge in [-0.2, -0.15) is 0 Å². The fourth-order valence-corrected chi connectivity index (χ4v) is 4.75. The van der Waals surface area contributed by atoms with Gasteiger partial charge in [0.25, 0.3) is 5.91 Å². The number of hydrogen-bond donors (Lipinski definition) is 5. The minimum Gasteiger partial charge on any atom is -0.494 e. The Morgan fingerprint density at radius 2 is 1.85 bits per heavy atom. The van der Waals surface area contributed by atoms with Gasteiger partial charge in [-0.25, -0.2) is 10.0 Å². The first kappa shape index (κ1) is 35.2. The van der Waals surface area contributed by atoms with Crippen LogP contribution >= 0.6 is 24.6 Å². The maximum absolute atomic E-state index is 12.9. The first-order chi connectivity index (χ1) is 18.5. The maximum atomic E-state index is 12.9. The smallest absolute Gasteiger partial charge is 0.356 e.